The van der Waals surface area contributed by atoms with Crippen molar-refractivity contribution >= 4 is 25.7 Å². The molecule has 0 amide bonds. The fourth-order valence-electron chi connectivity index (χ4n) is 2.86. The van der Waals surface area contributed by atoms with Gasteiger partial charge >= 0.3 is 0 Å². The summed E-state index contributed by atoms with van der Waals surface area (Å²) in [4.78, 5) is -0.652. The van der Waals surface area contributed by atoms with Crippen LogP contribution >= 0.6 is 0 Å². The second kappa shape index (κ2) is 10.5. The van der Waals surface area contributed by atoms with Crippen LogP contribution in [0.1, 0.15) is 33.3 Å². The van der Waals surface area contributed by atoms with Gasteiger partial charge in [0.15, 0.2) is 0 Å². The average molecular weight is 454 g/mol. The van der Waals surface area contributed by atoms with E-state index in [1.54, 1.807) is 46.8 Å². The maximum absolute atomic E-state index is 13.3. The number of rotatable bonds is 10. The van der Waals surface area contributed by atoms with Gasteiger partial charge in [0, 0.05) is 38.1 Å². The molecule has 30 heavy (non-hydrogen) atoms. The summed E-state index contributed by atoms with van der Waals surface area (Å²) in [5.41, 5.74) is 0.523. The van der Waals surface area contributed by atoms with E-state index in [2.05, 4.69) is 5.32 Å². The Balaban J connectivity index is 3.88. The summed E-state index contributed by atoms with van der Waals surface area (Å²) in [6.07, 6.45) is 1.15. The lowest BCUT2D eigenvalue weighted by Gasteiger charge is -2.25. The average Bonchev–Trinajstić information content (AvgIpc) is 2.70. The molecule has 0 saturated carbocycles. The molecule has 1 N–H and O–H groups in total. The summed E-state index contributed by atoms with van der Waals surface area (Å²) in [7, 11) is -8.18. The van der Waals surface area contributed by atoms with E-state index in [1.807, 2.05) is 0 Å². The molecule has 0 aromatic heterocycles. The third kappa shape index (κ3) is 5.18. The van der Waals surface area contributed by atoms with Gasteiger partial charge in [0.05, 0.1) is 0 Å². The molecule has 0 bridgehead atoms. The molecule has 0 aliphatic heterocycles. The Morgan fingerprint density at radius 1 is 0.900 bits per heavy atom. The van der Waals surface area contributed by atoms with Gasteiger partial charge < -0.3 is 5.32 Å². The highest BCUT2D eigenvalue weighted by molar-refractivity contribution is 7.92. The van der Waals surface area contributed by atoms with E-state index in [9.17, 15) is 16.8 Å². The highest BCUT2D eigenvalue weighted by Crippen LogP contribution is 2.32. The highest BCUT2D eigenvalue weighted by Gasteiger charge is 2.33. The molecule has 1 rings (SSSR count). The minimum Gasteiger partial charge on any atom is -0.360 e. The Hall–Kier alpha value is -2.44. The van der Waals surface area contributed by atoms with Crippen LogP contribution in [-0.2, 0) is 20.0 Å². The minimum absolute atomic E-state index is 0.174. The zero-order valence-corrected chi connectivity index (χ0v) is 19.4. The molecule has 0 spiro atoms. The normalized spacial score (nSPS) is 11.8. The molecular formula is C19H27N5O4S2. The summed E-state index contributed by atoms with van der Waals surface area (Å²) in [5, 5.41) is 20.5. The first kappa shape index (κ1) is 25.6. The van der Waals surface area contributed by atoms with E-state index in [0.717, 1.165) is 6.20 Å². The molecule has 0 unspecified atom stereocenters. The first-order valence-corrected chi connectivity index (χ1v) is 12.3. The van der Waals surface area contributed by atoms with Crippen LogP contribution < -0.4 is 5.32 Å². The topological polar surface area (TPSA) is 134 Å². The van der Waals surface area contributed by atoms with Gasteiger partial charge in [-0.15, -0.1) is 0 Å². The van der Waals surface area contributed by atoms with E-state index < -0.39 is 20.0 Å². The molecule has 0 atom stereocenters. The van der Waals surface area contributed by atoms with Crippen LogP contribution in [-0.4, -0.2) is 51.6 Å². The molecule has 0 aliphatic carbocycles. The van der Waals surface area contributed by atoms with Crippen molar-refractivity contribution in [3.05, 3.63) is 29.5 Å². The number of nitrogens with one attached hydrogen (secondary N) is 1. The molecule has 164 valence electrons. The number of aryl methyl sites for hydroxylation is 1. The van der Waals surface area contributed by atoms with Gasteiger partial charge in [0.25, 0.3) is 0 Å². The zero-order valence-electron chi connectivity index (χ0n) is 17.8. The van der Waals surface area contributed by atoms with Gasteiger partial charge in [-0.3, -0.25) is 0 Å². The number of hydrogen-bond acceptors (Lipinski definition) is 7. The van der Waals surface area contributed by atoms with Crippen LogP contribution in [0.15, 0.2) is 33.7 Å². The van der Waals surface area contributed by atoms with Crippen molar-refractivity contribution in [3.63, 3.8) is 0 Å². The summed E-state index contributed by atoms with van der Waals surface area (Å²) < 4.78 is 55.3. The van der Waals surface area contributed by atoms with Crippen molar-refractivity contribution < 1.29 is 16.8 Å². The number of nitrogens with zero attached hydrogens (tertiary/aromatic N) is 4. The third-order valence-electron chi connectivity index (χ3n) is 4.55. The number of sulfonamides is 2. The van der Waals surface area contributed by atoms with E-state index in [4.69, 9.17) is 10.5 Å². The van der Waals surface area contributed by atoms with Crippen LogP contribution in [0.2, 0.25) is 0 Å². The van der Waals surface area contributed by atoms with Crippen molar-refractivity contribution in [1.29, 1.82) is 10.5 Å². The summed E-state index contributed by atoms with van der Waals surface area (Å²) in [6, 6.07) is 5.94. The molecular weight excluding hydrogens is 426 g/mol. The third-order valence-corrected chi connectivity index (χ3v) is 8.86. The second-order valence-corrected chi connectivity index (χ2v) is 10.0. The van der Waals surface area contributed by atoms with Crippen molar-refractivity contribution in [2.75, 3.05) is 31.5 Å². The van der Waals surface area contributed by atoms with Crippen LogP contribution in [0.4, 0.5) is 5.69 Å². The molecule has 0 heterocycles. The molecule has 0 radical (unpaired) electrons. The summed E-state index contributed by atoms with van der Waals surface area (Å²) in [6.45, 7) is 9.04. The van der Waals surface area contributed by atoms with Crippen molar-refractivity contribution in [2.24, 2.45) is 0 Å². The van der Waals surface area contributed by atoms with Gasteiger partial charge in [-0.1, -0.05) is 27.7 Å². The predicted molar refractivity (Wildman–Crippen MR) is 114 cm³/mol. The predicted octanol–water partition coefficient (Wildman–Crippen LogP) is 2.40. The van der Waals surface area contributed by atoms with E-state index in [0.29, 0.717) is 5.56 Å². The first-order chi connectivity index (χ1) is 14.0. The van der Waals surface area contributed by atoms with Gasteiger partial charge in [-0.05, 0) is 24.6 Å². The number of nitriles is 2. The van der Waals surface area contributed by atoms with E-state index >= 15 is 0 Å². The van der Waals surface area contributed by atoms with E-state index in [-0.39, 0.29) is 47.2 Å². The van der Waals surface area contributed by atoms with Crippen LogP contribution in [0.3, 0.4) is 0 Å². The van der Waals surface area contributed by atoms with Gasteiger partial charge in [0.1, 0.15) is 27.5 Å². The standard InChI is InChI=1S/C19H27N5O4S2/c1-6-23(7-2)29(25,26)18-10-15(5)17(22-14-16(12-20)13-21)11-19(18)30(27,28)24(8-3)9-4/h10-11,14,22H,6-9H2,1-5H3. The Bertz CT molecular complexity index is 1070. The molecule has 1 aromatic rings. The van der Waals surface area contributed by atoms with Gasteiger partial charge in [-0.2, -0.15) is 19.1 Å². The quantitative estimate of drug-likeness (QED) is 0.537. The van der Waals surface area contributed by atoms with Crippen LogP contribution in [0.5, 0.6) is 0 Å². The monoisotopic (exact) mass is 453 g/mol. The number of anilines is 1. The van der Waals surface area contributed by atoms with E-state index in [1.165, 1.54) is 20.7 Å². The maximum atomic E-state index is 13.3. The maximum Gasteiger partial charge on any atom is 0.244 e. The molecule has 11 heteroatoms. The number of allylic oxidation sites excluding steroid dienone is 1. The Morgan fingerprint density at radius 2 is 1.30 bits per heavy atom. The lowest BCUT2D eigenvalue weighted by atomic mass is 10.2. The SMILES string of the molecule is CCN(CC)S(=O)(=O)c1cc(C)c(NC=C(C#N)C#N)cc1S(=O)(=O)N(CC)CC. The highest BCUT2D eigenvalue weighted by atomic mass is 32.2. The van der Waals surface area contributed by atoms with Crippen LogP contribution in [0, 0.1) is 29.6 Å². The molecule has 9 nitrogen and oxygen atoms in total. The second-order valence-electron chi connectivity index (χ2n) is 6.22. The van der Waals surface area contributed by atoms with Crippen LogP contribution in [0.25, 0.3) is 0 Å². The molecule has 1 aromatic carbocycles. The number of hydrogen-bond donors (Lipinski definition) is 1. The van der Waals surface area contributed by atoms with Gasteiger partial charge in [-0.25, -0.2) is 16.8 Å². The molecule has 0 fully saturated rings. The fraction of sp³-hybridized carbons (Fsp3) is 0.474. The van der Waals surface area contributed by atoms with Crippen molar-refractivity contribution in [2.45, 2.75) is 44.4 Å². The minimum atomic E-state index is -4.12. The number of benzene rings is 1. The fourth-order valence-corrected chi connectivity index (χ4v) is 6.63. The Morgan fingerprint density at radius 3 is 1.67 bits per heavy atom. The first-order valence-electron chi connectivity index (χ1n) is 9.46. The Labute approximate surface area is 179 Å². The largest absolute Gasteiger partial charge is 0.360 e. The smallest absolute Gasteiger partial charge is 0.244 e. The van der Waals surface area contributed by atoms with Crippen molar-refractivity contribution in [3.8, 4) is 12.1 Å². The lowest BCUT2D eigenvalue weighted by molar-refractivity contribution is 0.434. The summed E-state index contributed by atoms with van der Waals surface area (Å²) in [5.74, 6) is 0. The molecule has 0 aliphatic rings. The van der Waals surface area contributed by atoms with Crippen molar-refractivity contribution in [1.82, 2.24) is 8.61 Å². The molecule has 0 saturated heterocycles. The summed E-state index contributed by atoms with van der Waals surface area (Å²) >= 11 is 0. The Kier molecular flexibility index (Phi) is 9.00. The zero-order chi connectivity index (χ0) is 23.1. The lowest BCUT2D eigenvalue weighted by Crippen LogP contribution is -2.35. The van der Waals surface area contributed by atoms with Gasteiger partial charge in [0.2, 0.25) is 20.0 Å².